The number of carbonyl (C=O) groups is 2. The topological polar surface area (TPSA) is 116 Å². The van der Waals surface area contributed by atoms with Gasteiger partial charge in [-0.25, -0.2) is 4.79 Å². The minimum atomic E-state index is -1.29. The van der Waals surface area contributed by atoms with Crippen molar-refractivity contribution in [3.8, 4) is 6.07 Å². The molecule has 2 unspecified atom stereocenters. The van der Waals surface area contributed by atoms with Crippen LogP contribution in [0.4, 0.5) is 10.5 Å². The van der Waals surface area contributed by atoms with Crippen LogP contribution in [-0.4, -0.2) is 28.3 Å². The Balaban J connectivity index is 2.31. The summed E-state index contributed by atoms with van der Waals surface area (Å²) in [5, 5.41) is 22.1. The molecule has 1 aliphatic heterocycles. The molecule has 1 aromatic rings. The number of nitro groups is 1. The molecule has 8 heteroatoms. The van der Waals surface area contributed by atoms with Crippen molar-refractivity contribution in [1.82, 2.24) is 10.2 Å². The molecule has 2 rings (SSSR count). The summed E-state index contributed by atoms with van der Waals surface area (Å²) in [7, 11) is 0. The fraction of sp³-hybridized carbons (Fsp3) is 0.357. The van der Waals surface area contributed by atoms with Gasteiger partial charge < -0.3 is 5.32 Å². The summed E-state index contributed by atoms with van der Waals surface area (Å²) < 4.78 is 0. The highest BCUT2D eigenvalue weighted by Crippen LogP contribution is 2.30. The predicted octanol–water partition coefficient (Wildman–Crippen LogP) is 1.52. The van der Waals surface area contributed by atoms with Gasteiger partial charge in [0.25, 0.3) is 11.6 Å². The van der Waals surface area contributed by atoms with Gasteiger partial charge in [-0.05, 0) is 31.5 Å². The summed E-state index contributed by atoms with van der Waals surface area (Å²) in [5.74, 6) is -0.956. The molecule has 1 saturated heterocycles. The highest BCUT2D eigenvalue weighted by molar-refractivity contribution is 6.07. The molecule has 0 spiro atoms. The number of hydrogen-bond donors (Lipinski definition) is 1. The van der Waals surface area contributed by atoms with Gasteiger partial charge in [-0.1, -0.05) is 0 Å². The highest BCUT2D eigenvalue weighted by atomic mass is 16.6. The van der Waals surface area contributed by atoms with Crippen LogP contribution in [0.1, 0.15) is 19.4 Å². The number of non-ortho nitro benzene ring substituents is 1. The Kier molecular flexibility index (Phi) is 3.82. The molecule has 1 aliphatic rings. The van der Waals surface area contributed by atoms with E-state index in [2.05, 4.69) is 5.32 Å². The first-order valence-corrected chi connectivity index (χ1v) is 6.58. The summed E-state index contributed by atoms with van der Waals surface area (Å²) in [6.07, 6.45) is 0. The van der Waals surface area contributed by atoms with Gasteiger partial charge in [0.1, 0.15) is 5.54 Å². The Morgan fingerprint density at radius 3 is 2.50 bits per heavy atom. The van der Waals surface area contributed by atoms with E-state index < -0.39 is 28.3 Å². The van der Waals surface area contributed by atoms with Crippen LogP contribution in [0.25, 0.3) is 0 Å². The molecule has 0 saturated carbocycles. The Labute approximate surface area is 126 Å². The molecule has 0 aromatic heterocycles. The van der Waals surface area contributed by atoms with Crippen molar-refractivity contribution in [3.63, 3.8) is 0 Å². The number of nitriles is 1. The molecule has 1 fully saturated rings. The van der Waals surface area contributed by atoms with E-state index in [4.69, 9.17) is 5.26 Å². The van der Waals surface area contributed by atoms with Crippen molar-refractivity contribution in [3.05, 3.63) is 39.9 Å². The highest BCUT2D eigenvalue weighted by Gasteiger charge is 2.49. The predicted molar refractivity (Wildman–Crippen MR) is 75.5 cm³/mol. The average Bonchev–Trinajstić information content (AvgIpc) is 2.71. The number of rotatable bonds is 4. The number of hydrogen-bond acceptors (Lipinski definition) is 5. The smallest absolute Gasteiger partial charge is 0.319 e. The maximum absolute atomic E-state index is 12.5. The third kappa shape index (κ3) is 2.48. The van der Waals surface area contributed by atoms with Crippen molar-refractivity contribution < 1.29 is 14.5 Å². The molecule has 0 aliphatic carbocycles. The van der Waals surface area contributed by atoms with Crippen LogP contribution in [0.2, 0.25) is 0 Å². The van der Waals surface area contributed by atoms with E-state index in [0.717, 1.165) is 4.90 Å². The molecule has 3 amide bonds. The van der Waals surface area contributed by atoms with Crippen LogP contribution in [0.3, 0.4) is 0 Å². The van der Waals surface area contributed by atoms with Crippen LogP contribution >= 0.6 is 0 Å². The van der Waals surface area contributed by atoms with Crippen molar-refractivity contribution in [1.29, 1.82) is 5.26 Å². The van der Waals surface area contributed by atoms with Crippen LogP contribution < -0.4 is 5.32 Å². The lowest BCUT2D eigenvalue weighted by molar-refractivity contribution is -0.384. The summed E-state index contributed by atoms with van der Waals surface area (Å²) >= 11 is 0. The van der Waals surface area contributed by atoms with E-state index in [1.165, 1.54) is 31.2 Å². The fourth-order valence-electron chi connectivity index (χ4n) is 2.29. The molecular formula is C14H14N4O4. The first-order valence-electron chi connectivity index (χ1n) is 6.58. The number of amides is 3. The SMILES string of the molecule is CC(C#N)CN1C(=O)NC(C)(c2ccc([N+](=O)[O-])cc2)C1=O. The molecular weight excluding hydrogens is 288 g/mol. The number of nitrogens with zero attached hydrogens (tertiary/aromatic N) is 3. The van der Waals surface area contributed by atoms with Gasteiger partial charge in [0.05, 0.1) is 16.9 Å². The normalized spacial score (nSPS) is 22.1. The van der Waals surface area contributed by atoms with E-state index in [-0.39, 0.29) is 12.2 Å². The minimum absolute atomic E-state index is 0.00371. The second kappa shape index (κ2) is 5.44. The number of benzene rings is 1. The van der Waals surface area contributed by atoms with Gasteiger partial charge in [-0.2, -0.15) is 5.26 Å². The standard InChI is InChI=1S/C14H14N4O4/c1-9(7-15)8-17-12(19)14(2,16-13(17)20)10-3-5-11(6-4-10)18(21)22/h3-6,9H,8H2,1-2H3,(H,16,20). The Morgan fingerprint density at radius 1 is 1.41 bits per heavy atom. The van der Waals surface area contributed by atoms with Crippen molar-refractivity contribution in [2.24, 2.45) is 5.92 Å². The zero-order valence-electron chi connectivity index (χ0n) is 12.1. The van der Waals surface area contributed by atoms with Crippen molar-refractivity contribution in [2.45, 2.75) is 19.4 Å². The van der Waals surface area contributed by atoms with Crippen LogP contribution in [0.15, 0.2) is 24.3 Å². The van der Waals surface area contributed by atoms with E-state index >= 15 is 0 Å². The first kappa shape index (κ1) is 15.4. The largest absolute Gasteiger partial charge is 0.325 e. The van der Waals surface area contributed by atoms with Crippen molar-refractivity contribution >= 4 is 17.6 Å². The summed E-state index contributed by atoms with van der Waals surface area (Å²) in [6.45, 7) is 3.15. The van der Waals surface area contributed by atoms with Crippen LogP contribution in [-0.2, 0) is 10.3 Å². The molecule has 0 radical (unpaired) electrons. The third-order valence-corrected chi connectivity index (χ3v) is 3.61. The van der Waals surface area contributed by atoms with Gasteiger partial charge in [0.15, 0.2) is 0 Å². The van der Waals surface area contributed by atoms with Crippen molar-refractivity contribution in [2.75, 3.05) is 6.54 Å². The summed E-state index contributed by atoms with van der Waals surface area (Å²) in [4.78, 5) is 35.6. The van der Waals surface area contributed by atoms with Gasteiger partial charge in [-0.3, -0.25) is 19.8 Å². The molecule has 1 heterocycles. The number of nitro benzene ring substituents is 1. The Morgan fingerprint density at radius 2 is 2.00 bits per heavy atom. The fourth-order valence-corrected chi connectivity index (χ4v) is 2.29. The van der Waals surface area contributed by atoms with Crippen LogP contribution in [0.5, 0.6) is 0 Å². The lowest BCUT2D eigenvalue weighted by atomic mass is 9.92. The number of nitrogens with one attached hydrogen (secondary N) is 1. The number of urea groups is 1. The molecule has 2 atom stereocenters. The molecule has 22 heavy (non-hydrogen) atoms. The second-order valence-electron chi connectivity index (χ2n) is 5.31. The Bertz CT molecular complexity index is 679. The maximum Gasteiger partial charge on any atom is 0.325 e. The zero-order valence-corrected chi connectivity index (χ0v) is 12.1. The van der Waals surface area contributed by atoms with Crippen LogP contribution in [0, 0.1) is 27.4 Å². The molecule has 114 valence electrons. The van der Waals surface area contributed by atoms with E-state index in [0.29, 0.717) is 5.56 Å². The lowest BCUT2D eigenvalue weighted by Crippen LogP contribution is -2.41. The monoisotopic (exact) mass is 302 g/mol. The second-order valence-corrected chi connectivity index (χ2v) is 5.31. The average molecular weight is 302 g/mol. The van der Waals surface area contributed by atoms with Gasteiger partial charge in [-0.15, -0.1) is 0 Å². The molecule has 8 nitrogen and oxygen atoms in total. The first-order chi connectivity index (χ1) is 10.3. The Hall–Kier alpha value is -2.95. The third-order valence-electron chi connectivity index (χ3n) is 3.61. The molecule has 0 bridgehead atoms. The zero-order chi connectivity index (χ0) is 16.5. The maximum atomic E-state index is 12.5. The van der Waals surface area contributed by atoms with Gasteiger partial charge in [0, 0.05) is 18.7 Å². The van der Waals surface area contributed by atoms with E-state index in [1.54, 1.807) is 6.92 Å². The van der Waals surface area contributed by atoms with E-state index in [9.17, 15) is 19.7 Å². The van der Waals surface area contributed by atoms with E-state index in [1.807, 2.05) is 6.07 Å². The summed E-state index contributed by atoms with van der Waals surface area (Å²) in [6, 6.07) is 6.83. The molecule has 1 N–H and O–H groups in total. The summed E-state index contributed by atoms with van der Waals surface area (Å²) in [5.41, 5.74) is -0.941. The van der Waals surface area contributed by atoms with Gasteiger partial charge >= 0.3 is 6.03 Å². The minimum Gasteiger partial charge on any atom is -0.319 e. The van der Waals surface area contributed by atoms with Gasteiger partial charge in [0.2, 0.25) is 0 Å². The lowest BCUT2D eigenvalue weighted by Gasteiger charge is -2.22. The quantitative estimate of drug-likeness (QED) is 0.514. The molecule has 1 aromatic carbocycles. The number of imide groups is 1. The number of carbonyl (C=O) groups excluding carboxylic acids is 2.